The first-order chi connectivity index (χ1) is 10.2. The van der Waals surface area contributed by atoms with Crippen LogP contribution in [0.5, 0.6) is 0 Å². The first kappa shape index (κ1) is 12.0. The molecule has 0 atom stereocenters. The maximum atomic E-state index is 12.0. The molecule has 4 rings (SSSR count). The van der Waals surface area contributed by atoms with Crippen LogP contribution >= 0.6 is 0 Å². The summed E-state index contributed by atoms with van der Waals surface area (Å²) >= 11 is 0. The molecule has 0 saturated heterocycles. The monoisotopic (exact) mass is 274 g/mol. The van der Waals surface area contributed by atoms with E-state index in [1.54, 1.807) is 6.07 Å². The van der Waals surface area contributed by atoms with E-state index < -0.39 is 0 Å². The smallest absolute Gasteiger partial charge is 0.189 e. The van der Waals surface area contributed by atoms with E-state index in [4.69, 9.17) is 0 Å². The topological polar surface area (TPSA) is 26.9 Å². The second-order valence-corrected chi connectivity index (χ2v) is 5.24. The minimum atomic E-state index is 0.0572. The minimum absolute atomic E-state index is 0.0572. The summed E-state index contributed by atoms with van der Waals surface area (Å²) < 4.78 is 4.16. The molecule has 0 spiro atoms. The van der Waals surface area contributed by atoms with Crippen LogP contribution in [0.1, 0.15) is 0 Å². The van der Waals surface area contributed by atoms with Crippen LogP contribution in [0, 0.1) is 0 Å². The number of hydrogen-bond donors (Lipinski definition) is 0. The molecule has 2 aromatic heterocycles. The highest BCUT2D eigenvalue weighted by molar-refractivity contribution is 5.84. The summed E-state index contributed by atoms with van der Waals surface area (Å²) in [5.41, 5.74) is 3.22. The van der Waals surface area contributed by atoms with Gasteiger partial charge in [-0.25, -0.2) is 0 Å². The number of nitrogens with zero attached hydrogens (tertiary/aromatic N) is 2. The van der Waals surface area contributed by atoms with Crippen molar-refractivity contribution in [1.82, 2.24) is 9.13 Å². The Labute approximate surface area is 121 Å². The summed E-state index contributed by atoms with van der Waals surface area (Å²) in [4.78, 5) is 12.0. The number of fused-ring (bicyclic) bond motifs is 2. The number of benzene rings is 2. The van der Waals surface area contributed by atoms with Crippen molar-refractivity contribution in [1.29, 1.82) is 0 Å². The van der Waals surface area contributed by atoms with Gasteiger partial charge in [0.25, 0.3) is 0 Å². The molecule has 0 amide bonds. The number of aryl methyl sites for hydroxylation is 1. The average molecular weight is 274 g/mol. The van der Waals surface area contributed by atoms with Gasteiger partial charge in [-0.05, 0) is 35.7 Å². The van der Waals surface area contributed by atoms with Crippen LogP contribution in [0.3, 0.4) is 0 Å². The molecule has 0 radical (unpaired) electrons. The molecule has 3 nitrogen and oxygen atoms in total. The van der Waals surface area contributed by atoms with Crippen LogP contribution in [-0.2, 0) is 7.05 Å². The van der Waals surface area contributed by atoms with Crippen molar-refractivity contribution in [3.05, 3.63) is 77.2 Å². The summed E-state index contributed by atoms with van der Waals surface area (Å²) in [7, 11) is 2.04. The van der Waals surface area contributed by atoms with Crippen LogP contribution in [0.15, 0.2) is 71.8 Å². The molecular weight excluding hydrogens is 260 g/mol. The highest BCUT2D eigenvalue weighted by Crippen LogP contribution is 2.21. The Morgan fingerprint density at radius 1 is 0.857 bits per heavy atom. The zero-order valence-electron chi connectivity index (χ0n) is 11.7. The highest BCUT2D eigenvalue weighted by Gasteiger charge is 2.05. The van der Waals surface area contributed by atoms with E-state index >= 15 is 0 Å². The molecule has 0 fully saturated rings. The van der Waals surface area contributed by atoms with Gasteiger partial charge < -0.3 is 9.13 Å². The van der Waals surface area contributed by atoms with Gasteiger partial charge in [-0.3, -0.25) is 4.79 Å². The van der Waals surface area contributed by atoms with Crippen molar-refractivity contribution in [2.45, 2.75) is 0 Å². The third-order valence-corrected chi connectivity index (χ3v) is 3.95. The Bertz CT molecular complexity index is 1020. The Kier molecular flexibility index (Phi) is 2.48. The van der Waals surface area contributed by atoms with E-state index in [1.807, 2.05) is 37.5 Å². The van der Waals surface area contributed by atoms with Gasteiger partial charge in [0, 0.05) is 42.1 Å². The summed E-state index contributed by atoms with van der Waals surface area (Å²) in [5.74, 6) is 0. The molecule has 0 aliphatic rings. The average Bonchev–Trinajstić information content (AvgIpc) is 2.89. The highest BCUT2D eigenvalue weighted by atomic mass is 16.1. The fourth-order valence-electron chi connectivity index (χ4n) is 2.83. The first-order valence-corrected chi connectivity index (χ1v) is 6.90. The summed E-state index contributed by atoms with van der Waals surface area (Å²) in [5, 5.41) is 1.96. The number of hydrogen-bond acceptors (Lipinski definition) is 1. The molecule has 4 aromatic rings. The summed E-state index contributed by atoms with van der Waals surface area (Å²) in [6, 6.07) is 17.8. The Balaban J connectivity index is 2.06. The molecule has 0 saturated carbocycles. The predicted octanol–water partition coefficient (Wildman–Crippen LogP) is 3.48. The third kappa shape index (κ3) is 1.78. The Morgan fingerprint density at radius 2 is 1.71 bits per heavy atom. The van der Waals surface area contributed by atoms with Crippen LogP contribution in [0.2, 0.25) is 0 Å². The van der Waals surface area contributed by atoms with E-state index in [1.165, 1.54) is 10.9 Å². The molecule has 21 heavy (non-hydrogen) atoms. The van der Waals surface area contributed by atoms with Gasteiger partial charge >= 0.3 is 0 Å². The lowest BCUT2D eigenvalue weighted by molar-refractivity contribution is 0.967. The van der Waals surface area contributed by atoms with Gasteiger partial charge in [-0.1, -0.05) is 18.2 Å². The number of rotatable bonds is 1. The van der Waals surface area contributed by atoms with Crippen LogP contribution in [0.25, 0.3) is 27.5 Å². The van der Waals surface area contributed by atoms with Crippen molar-refractivity contribution in [2.24, 2.45) is 7.05 Å². The first-order valence-electron chi connectivity index (χ1n) is 6.90. The van der Waals surface area contributed by atoms with E-state index in [0.29, 0.717) is 0 Å². The molecule has 0 bridgehead atoms. The zero-order valence-corrected chi connectivity index (χ0v) is 11.7. The standard InChI is InChI=1S/C18H14N2O/c1-19-10-8-13-6-7-14(12-17(13)19)20-11-9-18(21)15-4-2-3-5-16(15)20/h2-12H,1H3. The van der Waals surface area contributed by atoms with Crippen molar-refractivity contribution in [2.75, 3.05) is 0 Å². The molecule has 102 valence electrons. The van der Waals surface area contributed by atoms with E-state index in [9.17, 15) is 4.79 Å². The number of pyridine rings is 1. The molecule has 2 aromatic carbocycles. The van der Waals surface area contributed by atoms with Crippen molar-refractivity contribution >= 4 is 21.8 Å². The third-order valence-electron chi connectivity index (χ3n) is 3.95. The summed E-state index contributed by atoms with van der Waals surface area (Å²) in [6.07, 6.45) is 3.90. The van der Waals surface area contributed by atoms with Crippen molar-refractivity contribution < 1.29 is 0 Å². The molecular formula is C18H14N2O. The normalized spacial score (nSPS) is 11.3. The molecule has 0 aliphatic carbocycles. The lowest BCUT2D eigenvalue weighted by atomic mass is 10.2. The Hall–Kier alpha value is -2.81. The van der Waals surface area contributed by atoms with Gasteiger partial charge in [-0.2, -0.15) is 0 Å². The zero-order chi connectivity index (χ0) is 14.4. The fourth-order valence-corrected chi connectivity index (χ4v) is 2.83. The van der Waals surface area contributed by atoms with Crippen molar-refractivity contribution in [3.8, 4) is 5.69 Å². The molecule has 3 heteroatoms. The van der Waals surface area contributed by atoms with E-state index in [0.717, 1.165) is 16.6 Å². The maximum Gasteiger partial charge on any atom is 0.189 e. The van der Waals surface area contributed by atoms with Crippen LogP contribution < -0.4 is 5.43 Å². The second kappa shape index (κ2) is 4.35. The van der Waals surface area contributed by atoms with E-state index in [-0.39, 0.29) is 5.43 Å². The summed E-state index contributed by atoms with van der Waals surface area (Å²) in [6.45, 7) is 0. The Morgan fingerprint density at radius 3 is 2.62 bits per heavy atom. The van der Waals surface area contributed by atoms with Crippen LogP contribution in [0.4, 0.5) is 0 Å². The van der Waals surface area contributed by atoms with Gasteiger partial charge in [-0.15, -0.1) is 0 Å². The number of para-hydroxylation sites is 1. The van der Waals surface area contributed by atoms with Crippen molar-refractivity contribution in [3.63, 3.8) is 0 Å². The largest absolute Gasteiger partial charge is 0.350 e. The quantitative estimate of drug-likeness (QED) is 0.522. The number of aromatic nitrogens is 2. The van der Waals surface area contributed by atoms with Gasteiger partial charge in [0.05, 0.1) is 5.52 Å². The lowest BCUT2D eigenvalue weighted by Crippen LogP contribution is -2.06. The molecule has 0 N–H and O–H groups in total. The minimum Gasteiger partial charge on any atom is -0.350 e. The lowest BCUT2D eigenvalue weighted by Gasteiger charge is -2.11. The van der Waals surface area contributed by atoms with Gasteiger partial charge in [0.1, 0.15) is 0 Å². The maximum absolute atomic E-state index is 12.0. The fraction of sp³-hybridized carbons (Fsp3) is 0.0556. The molecule has 2 heterocycles. The van der Waals surface area contributed by atoms with Crippen LogP contribution in [-0.4, -0.2) is 9.13 Å². The second-order valence-electron chi connectivity index (χ2n) is 5.24. The molecule has 0 unspecified atom stereocenters. The molecule has 0 aliphatic heterocycles. The van der Waals surface area contributed by atoms with Gasteiger partial charge in [0.2, 0.25) is 0 Å². The SMILES string of the molecule is Cn1ccc2ccc(-n3ccc(=O)c4ccccc43)cc21. The van der Waals surface area contributed by atoms with Gasteiger partial charge in [0.15, 0.2) is 5.43 Å². The predicted molar refractivity (Wildman–Crippen MR) is 86.0 cm³/mol. The van der Waals surface area contributed by atoms with E-state index in [2.05, 4.69) is 39.6 Å².